The summed E-state index contributed by atoms with van der Waals surface area (Å²) in [5.41, 5.74) is -1.68. The second-order valence-corrected chi connectivity index (χ2v) is 11.0. The molecule has 0 amide bonds. The Balaban J connectivity index is 1.52. The van der Waals surface area contributed by atoms with Gasteiger partial charge in [0.15, 0.2) is 12.4 Å². The van der Waals surface area contributed by atoms with Gasteiger partial charge in [0.05, 0.1) is 17.3 Å². The lowest BCUT2D eigenvalue weighted by atomic mass is 9.43. The third-order valence-corrected chi connectivity index (χ3v) is 10.2. The molecule has 29 heavy (non-hydrogen) atoms. The summed E-state index contributed by atoms with van der Waals surface area (Å²) in [6, 6.07) is 3.44. The number of hydrogen-bond donors (Lipinski definition) is 3. The molecule has 1 aromatic rings. The first-order valence-electron chi connectivity index (χ1n) is 11.5. The van der Waals surface area contributed by atoms with E-state index in [2.05, 4.69) is 13.8 Å². The third-order valence-electron chi connectivity index (χ3n) is 10.2. The first kappa shape index (κ1) is 19.8. The van der Waals surface area contributed by atoms with Gasteiger partial charge >= 0.3 is 0 Å². The number of aliphatic hydroxyl groups excluding tert-OH is 1. The van der Waals surface area contributed by atoms with E-state index in [1.54, 1.807) is 12.1 Å². The highest BCUT2D eigenvalue weighted by molar-refractivity contribution is 5.30. The minimum absolute atomic E-state index is 0.167. The van der Waals surface area contributed by atoms with Gasteiger partial charge in [-0.2, -0.15) is 4.73 Å². The van der Waals surface area contributed by atoms with Crippen LogP contribution in [0.5, 0.6) is 0 Å². The lowest BCUT2D eigenvalue weighted by molar-refractivity contribution is -0.605. The van der Waals surface area contributed by atoms with E-state index >= 15 is 0 Å². The Hall–Kier alpha value is -1.17. The maximum atomic E-state index is 12.2. The van der Waals surface area contributed by atoms with Crippen LogP contribution >= 0.6 is 0 Å². The molecule has 0 aliphatic heterocycles. The molecular weight excluding hydrogens is 366 g/mol. The van der Waals surface area contributed by atoms with Crippen LogP contribution in [0, 0.1) is 33.8 Å². The summed E-state index contributed by atoms with van der Waals surface area (Å²) < 4.78 is 0.743. The van der Waals surface area contributed by atoms with Crippen molar-refractivity contribution in [3.05, 3.63) is 35.3 Å². The largest absolute Gasteiger partial charge is 0.619 e. The lowest BCUT2D eigenvalue weighted by Gasteiger charge is -2.64. The van der Waals surface area contributed by atoms with Crippen LogP contribution in [0.15, 0.2) is 24.5 Å². The van der Waals surface area contributed by atoms with E-state index in [1.165, 1.54) is 12.4 Å². The Labute approximate surface area is 173 Å². The first-order valence-corrected chi connectivity index (χ1v) is 11.5. The lowest BCUT2D eigenvalue weighted by Crippen LogP contribution is -2.64. The van der Waals surface area contributed by atoms with Crippen LogP contribution in [-0.2, 0) is 5.60 Å². The maximum Gasteiger partial charge on any atom is 0.180 e. The molecule has 4 aliphatic carbocycles. The Kier molecular flexibility index (Phi) is 4.21. The van der Waals surface area contributed by atoms with Crippen LogP contribution in [-0.4, -0.2) is 27.0 Å². The highest BCUT2D eigenvalue weighted by Gasteiger charge is 2.72. The van der Waals surface area contributed by atoms with Gasteiger partial charge in [-0.05, 0) is 86.5 Å². The van der Waals surface area contributed by atoms with Gasteiger partial charge in [0.2, 0.25) is 0 Å². The molecule has 0 radical (unpaired) electrons. The van der Waals surface area contributed by atoms with Gasteiger partial charge in [0.1, 0.15) is 0 Å². The van der Waals surface area contributed by atoms with Crippen molar-refractivity contribution >= 4 is 0 Å². The van der Waals surface area contributed by atoms with Crippen LogP contribution < -0.4 is 4.73 Å². The monoisotopic (exact) mass is 401 g/mol. The van der Waals surface area contributed by atoms with Crippen molar-refractivity contribution in [1.82, 2.24) is 0 Å². The molecule has 4 fully saturated rings. The molecular formula is C24H35NO4. The minimum Gasteiger partial charge on any atom is -0.619 e. The molecule has 0 unspecified atom stereocenters. The fourth-order valence-corrected chi connectivity index (χ4v) is 8.37. The van der Waals surface area contributed by atoms with Gasteiger partial charge < -0.3 is 20.5 Å². The van der Waals surface area contributed by atoms with E-state index in [4.69, 9.17) is 0 Å². The summed E-state index contributed by atoms with van der Waals surface area (Å²) in [5.74, 6) is 1.19. The van der Waals surface area contributed by atoms with Crippen molar-refractivity contribution in [3.8, 4) is 0 Å². The highest BCUT2D eigenvalue weighted by atomic mass is 16.5. The Morgan fingerprint density at radius 2 is 1.66 bits per heavy atom. The van der Waals surface area contributed by atoms with Crippen molar-refractivity contribution in [2.24, 2.45) is 28.6 Å². The van der Waals surface area contributed by atoms with Crippen LogP contribution in [0.3, 0.4) is 0 Å². The van der Waals surface area contributed by atoms with Gasteiger partial charge in [0.25, 0.3) is 0 Å². The van der Waals surface area contributed by atoms with Gasteiger partial charge in [0, 0.05) is 17.5 Å². The predicted octanol–water partition coefficient (Wildman–Crippen LogP) is 3.03. The topological polar surface area (TPSA) is 87.6 Å². The number of hydrogen-bond acceptors (Lipinski definition) is 4. The maximum absolute atomic E-state index is 12.2. The summed E-state index contributed by atoms with van der Waals surface area (Å²) in [4.78, 5) is 0. The molecule has 8 atom stereocenters. The smallest absolute Gasteiger partial charge is 0.180 e. The number of pyridine rings is 1. The highest BCUT2D eigenvalue weighted by Crippen LogP contribution is 2.71. The molecule has 0 spiro atoms. The normalized spacial score (nSPS) is 51.8. The fourth-order valence-electron chi connectivity index (χ4n) is 8.37. The van der Waals surface area contributed by atoms with Crippen LogP contribution in [0.25, 0.3) is 0 Å². The summed E-state index contributed by atoms with van der Waals surface area (Å²) in [7, 11) is 0. The average Bonchev–Trinajstić information content (AvgIpc) is 2.91. The standard InChI is InChI=1S/C24H35NO4/c1-21-9-5-18(26)15-17(21)3-4-20-19(21)6-10-22(2)23(27,11-12-24(20,22)28)16-7-13-25(29)14-8-16/h7-8,13-14,17-20,26-28H,3-6,9-12,15H2,1-2H3/t17-,18+,19+,20-,21+,22-,23+,24+/m1/s1. The summed E-state index contributed by atoms with van der Waals surface area (Å²) in [6.45, 7) is 4.48. The molecule has 1 aromatic heterocycles. The van der Waals surface area contributed by atoms with E-state index in [9.17, 15) is 20.5 Å². The molecule has 160 valence electrons. The number of rotatable bonds is 1. The zero-order valence-electron chi connectivity index (χ0n) is 17.7. The zero-order chi connectivity index (χ0) is 20.7. The van der Waals surface area contributed by atoms with E-state index in [0.717, 1.165) is 55.2 Å². The summed E-state index contributed by atoms with van der Waals surface area (Å²) >= 11 is 0. The zero-order valence-corrected chi connectivity index (χ0v) is 17.7. The van der Waals surface area contributed by atoms with Crippen LogP contribution in [0.1, 0.15) is 77.2 Å². The molecule has 5 nitrogen and oxygen atoms in total. The van der Waals surface area contributed by atoms with Crippen LogP contribution in [0.2, 0.25) is 0 Å². The quantitative estimate of drug-likeness (QED) is 0.499. The number of aliphatic hydroxyl groups is 3. The predicted molar refractivity (Wildman–Crippen MR) is 108 cm³/mol. The molecule has 0 bridgehead atoms. The van der Waals surface area contributed by atoms with Crippen molar-refractivity contribution in [2.75, 3.05) is 0 Å². The molecule has 4 aliphatic rings. The number of nitrogens with zero attached hydrogens (tertiary/aromatic N) is 1. The van der Waals surface area contributed by atoms with Gasteiger partial charge in [-0.3, -0.25) is 0 Å². The molecule has 1 heterocycles. The van der Waals surface area contributed by atoms with E-state index in [0.29, 0.717) is 24.7 Å². The minimum atomic E-state index is -1.11. The number of aromatic nitrogens is 1. The second kappa shape index (κ2) is 6.18. The van der Waals surface area contributed by atoms with Crippen molar-refractivity contribution < 1.29 is 20.0 Å². The Bertz CT molecular complexity index is 799. The molecule has 0 aromatic carbocycles. The number of fused-ring (bicyclic) bond motifs is 5. The third kappa shape index (κ3) is 2.41. The Morgan fingerprint density at radius 1 is 0.931 bits per heavy atom. The summed E-state index contributed by atoms with van der Waals surface area (Å²) in [6.07, 6.45) is 10.5. The summed E-state index contributed by atoms with van der Waals surface area (Å²) in [5, 5.41) is 45.8. The van der Waals surface area contributed by atoms with Crippen molar-refractivity contribution in [1.29, 1.82) is 0 Å². The van der Waals surface area contributed by atoms with Crippen molar-refractivity contribution in [3.63, 3.8) is 0 Å². The molecule has 4 saturated carbocycles. The van der Waals surface area contributed by atoms with E-state index in [-0.39, 0.29) is 17.4 Å². The van der Waals surface area contributed by atoms with E-state index < -0.39 is 16.6 Å². The SMILES string of the molecule is C[C@]12CC[C@H](O)C[C@H]1CC[C@@H]1[C@@H]2CC[C@]2(C)[C@@](O)(c3cc[n+]([O-])cc3)CC[C@]12O. The molecule has 3 N–H and O–H groups in total. The van der Waals surface area contributed by atoms with E-state index in [1.807, 2.05) is 0 Å². The Morgan fingerprint density at radius 3 is 2.38 bits per heavy atom. The first-order chi connectivity index (χ1) is 13.6. The van der Waals surface area contributed by atoms with Crippen LogP contribution in [0.4, 0.5) is 0 Å². The molecule has 0 saturated heterocycles. The van der Waals surface area contributed by atoms with Gasteiger partial charge in [-0.15, -0.1) is 0 Å². The fraction of sp³-hybridized carbons (Fsp3) is 0.792. The molecule has 5 heteroatoms. The molecule has 5 rings (SSSR count). The van der Waals surface area contributed by atoms with Crippen molar-refractivity contribution in [2.45, 2.75) is 88.9 Å². The van der Waals surface area contributed by atoms with Gasteiger partial charge in [-0.1, -0.05) is 13.8 Å². The second-order valence-electron chi connectivity index (χ2n) is 11.0. The average molecular weight is 402 g/mol. The van der Waals surface area contributed by atoms with Gasteiger partial charge in [-0.25, -0.2) is 0 Å².